The summed E-state index contributed by atoms with van der Waals surface area (Å²) in [7, 11) is 0. The van der Waals surface area contributed by atoms with E-state index in [1.165, 1.54) is 5.56 Å². The first-order valence-electron chi connectivity index (χ1n) is 5.36. The number of halogens is 1. The van der Waals surface area contributed by atoms with Crippen LogP contribution in [0.4, 0.5) is 5.69 Å². The smallest absolute Gasteiger partial charge is 0.141 e. The minimum absolute atomic E-state index is 0.711. The standard InChI is InChI=1S/C14H14BrNO/c1-9-3-4-14(13(15)7-9)17-12-6-10(2)5-11(16)8-12/h3-8H,16H2,1-2H3. The molecule has 0 aliphatic rings. The van der Waals surface area contributed by atoms with E-state index in [9.17, 15) is 0 Å². The molecule has 2 aromatic rings. The third kappa shape index (κ3) is 3.01. The number of aryl methyl sites for hydroxylation is 2. The average molecular weight is 292 g/mol. The number of nitrogen functional groups attached to an aromatic ring is 1. The summed E-state index contributed by atoms with van der Waals surface area (Å²) >= 11 is 3.49. The molecule has 17 heavy (non-hydrogen) atoms. The second kappa shape index (κ2) is 4.80. The van der Waals surface area contributed by atoms with Crippen molar-refractivity contribution in [2.45, 2.75) is 13.8 Å². The molecule has 0 aliphatic heterocycles. The maximum Gasteiger partial charge on any atom is 0.141 e. The molecule has 2 rings (SSSR count). The third-order valence-corrected chi connectivity index (χ3v) is 3.01. The molecule has 0 amide bonds. The van der Waals surface area contributed by atoms with Crippen LogP contribution in [0.3, 0.4) is 0 Å². The van der Waals surface area contributed by atoms with Gasteiger partial charge in [-0.2, -0.15) is 0 Å². The normalized spacial score (nSPS) is 10.3. The first-order chi connectivity index (χ1) is 8.04. The van der Waals surface area contributed by atoms with Gasteiger partial charge in [0.2, 0.25) is 0 Å². The van der Waals surface area contributed by atoms with Crippen LogP contribution >= 0.6 is 15.9 Å². The van der Waals surface area contributed by atoms with E-state index in [-0.39, 0.29) is 0 Å². The minimum Gasteiger partial charge on any atom is -0.456 e. The zero-order valence-electron chi connectivity index (χ0n) is 9.83. The second-order valence-electron chi connectivity index (χ2n) is 4.12. The molecule has 0 unspecified atom stereocenters. The van der Waals surface area contributed by atoms with Gasteiger partial charge in [-0.05, 0) is 65.2 Å². The lowest BCUT2D eigenvalue weighted by atomic mass is 10.2. The Labute approximate surface area is 110 Å². The first kappa shape index (κ1) is 12.0. The van der Waals surface area contributed by atoms with Crippen LogP contribution in [0.2, 0.25) is 0 Å². The van der Waals surface area contributed by atoms with Crippen LogP contribution in [0.25, 0.3) is 0 Å². The fraction of sp³-hybridized carbons (Fsp3) is 0.143. The van der Waals surface area contributed by atoms with Crippen molar-refractivity contribution < 1.29 is 4.74 Å². The summed E-state index contributed by atoms with van der Waals surface area (Å²) in [6.07, 6.45) is 0. The van der Waals surface area contributed by atoms with Crippen LogP contribution in [0.15, 0.2) is 40.9 Å². The van der Waals surface area contributed by atoms with E-state index >= 15 is 0 Å². The van der Waals surface area contributed by atoms with Gasteiger partial charge < -0.3 is 10.5 Å². The predicted octanol–water partition coefficient (Wildman–Crippen LogP) is 4.44. The lowest BCUT2D eigenvalue weighted by molar-refractivity contribution is 0.479. The average Bonchev–Trinajstić information content (AvgIpc) is 2.21. The molecule has 0 saturated heterocycles. The summed E-state index contributed by atoms with van der Waals surface area (Å²) in [6.45, 7) is 4.03. The van der Waals surface area contributed by atoms with Crippen molar-refractivity contribution in [3.63, 3.8) is 0 Å². The van der Waals surface area contributed by atoms with Gasteiger partial charge in [0.1, 0.15) is 11.5 Å². The van der Waals surface area contributed by atoms with E-state index in [0.717, 1.165) is 21.5 Å². The molecule has 0 radical (unpaired) electrons. The molecule has 0 fully saturated rings. The number of benzene rings is 2. The molecule has 0 heterocycles. The van der Waals surface area contributed by atoms with E-state index in [0.29, 0.717) is 5.69 Å². The molecule has 0 bridgehead atoms. The lowest BCUT2D eigenvalue weighted by Crippen LogP contribution is -1.90. The summed E-state index contributed by atoms with van der Waals surface area (Å²) < 4.78 is 6.74. The number of hydrogen-bond acceptors (Lipinski definition) is 2. The largest absolute Gasteiger partial charge is 0.456 e. The van der Waals surface area contributed by atoms with E-state index in [4.69, 9.17) is 10.5 Å². The molecule has 0 saturated carbocycles. The SMILES string of the molecule is Cc1cc(N)cc(Oc2ccc(C)cc2Br)c1. The molecule has 0 aromatic heterocycles. The summed E-state index contributed by atoms with van der Waals surface area (Å²) in [5, 5.41) is 0. The van der Waals surface area contributed by atoms with Gasteiger partial charge in [0.15, 0.2) is 0 Å². The highest BCUT2D eigenvalue weighted by molar-refractivity contribution is 9.10. The second-order valence-corrected chi connectivity index (χ2v) is 4.97. The highest BCUT2D eigenvalue weighted by atomic mass is 79.9. The van der Waals surface area contributed by atoms with Crippen LogP contribution in [-0.2, 0) is 0 Å². The molecule has 0 atom stereocenters. The molecule has 2 nitrogen and oxygen atoms in total. The molecule has 0 spiro atoms. The van der Waals surface area contributed by atoms with Crippen molar-refractivity contribution in [2.75, 3.05) is 5.73 Å². The molecule has 0 aliphatic carbocycles. The van der Waals surface area contributed by atoms with E-state index < -0.39 is 0 Å². The van der Waals surface area contributed by atoms with Crippen LogP contribution < -0.4 is 10.5 Å². The fourth-order valence-electron chi connectivity index (χ4n) is 1.65. The van der Waals surface area contributed by atoms with Crippen LogP contribution in [0.1, 0.15) is 11.1 Å². The van der Waals surface area contributed by atoms with E-state index in [1.54, 1.807) is 0 Å². The van der Waals surface area contributed by atoms with Crippen molar-refractivity contribution in [3.8, 4) is 11.5 Å². The Bertz CT molecular complexity index is 532. The van der Waals surface area contributed by atoms with Gasteiger partial charge in [-0.1, -0.05) is 6.07 Å². The number of anilines is 1. The molecular formula is C14H14BrNO. The number of rotatable bonds is 2. The van der Waals surface area contributed by atoms with Crippen LogP contribution in [0, 0.1) is 13.8 Å². The topological polar surface area (TPSA) is 35.2 Å². The number of nitrogens with two attached hydrogens (primary N) is 1. The van der Waals surface area contributed by atoms with Gasteiger partial charge in [-0.15, -0.1) is 0 Å². The number of ether oxygens (including phenoxy) is 1. The summed E-state index contributed by atoms with van der Waals surface area (Å²) in [5.41, 5.74) is 8.77. The molecule has 2 aromatic carbocycles. The van der Waals surface area contributed by atoms with Gasteiger partial charge in [-0.25, -0.2) is 0 Å². The quantitative estimate of drug-likeness (QED) is 0.830. The van der Waals surface area contributed by atoms with Gasteiger partial charge in [0.25, 0.3) is 0 Å². The van der Waals surface area contributed by atoms with Crippen molar-refractivity contribution >= 4 is 21.6 Å². The first-order valence-corrected chi connectivity index (χ1v) is 6.15. The summed E-state index contributed by atoms with van der Waals surface area (Å²) in [4.78, 5) is 0. The Kier molecular flexibility index (Phi) is 3.38. The Hall–Kier alpha value is -1.48. The highest BCUT2D eigenvalue weighted by Gasteiger charge is 2.04. The zero-order valence-corrected chi connectivity index (χ0v) is 11.4. The molecule has 88 valence electrons. The van der Waals surface area contributed by atoms with Gasteiger partial charge >= 0.3 is 0 Å². The Morgan fingerprint density at radius 1 is 1.00 bits per heavy atom. The molecule has 3 heteroatoms. The maximum atomic E-state index is 5.80. The van der Waals surface area contributed by atoms with Gasteiger partial charge in [0, 0.05) is 11.8 Å². The monoisotopic (exact) mass is 291 g/mol. The Morgan fingerprint density at radius 3 is 2.41 bits per heavy atom. The number of hydrogen-bond donors (Lipinski definition) is 1. The van der Waals surface area contributed by atoms with E-state index in [1.807, 2.05) is 50.2 Å². The molecule has 2 N–H and O–H groups in total. The van der Waals surface area contributed by atoms with E-state index in [2.05, 4.69) is 15.9 Å². The Morgan fingerprint density at radius 2 is 1.76 bits per heavy atom. The van der Waals surface area contributed by atoms with Gasteiger partial charge in [0.05, 0.1) is 4.47 Å². The van der Waals surface area contributed by atoms with Gasteiger partial charge in [-0.3, -0.25) is 0 Å². The summed E-state index contributed by atoms with van der Waals surface area (Å²) in [5.74, 6) is 1.55. The van der Waals surface area contributed by atoms with Crippen LogP contribution in [-0.4, -0.2) is 0 Å². The minimum atomic E-state index is 0.711. The zero-order chi connectivity index (χ0) is 12.4. The third-order valence-electron chi connectivity index (χ3n) is 2.39. The summed E-state index contributed by atoms with van der Waals surface area (Å²) in [6, 6.07) is 11.7. The van der Waals surface area contributed by atoms with Crippen molar-refractivity contribution in [2.24, 2.45) is 0 Å². The molecular weight excluding hydrogens is 278 g/mol. The maximum absolute atomic E-state index is 5.80. The van der Waals surface area contributed by atoms with Crippen molar-refractivity contribution in [1.29, 1.82) is 0 Å². The fourth-order valence-corrected chi connectivity index (χ4v) is 2.23. The Balaban J connectivity index is 2.31. The van der Waals surface area contributed by atoms with Crippen molar-refractivity contribution in [3.05, 3.63) is 52.0 Å². The van der Waals surface area contributed by atoms with Crippen LogP contribution in [0.5, 0.6) is 11.5 Å². The van der Waals surface area contributed by atoms with Crippen molar-refractivity contribution in [1.82, 2.24) is 0 Å². The predicted molar refractivity (Wildman–Crippen MR) is 74.5 cm³/mol. The highest BCUT2D eigenvalue weighted by Crippen LogP contribution is 2.31. The lowest BCUT2D eigenvalue weighted by Gasteiger charge is -2.09.